The maximum Gasteiger partial charge on any atom is 0.193 e. The van der Waals surface area contributed by atoms with Crippen LogP contribution in [-0.2, 0) is 13.0 Å². The third-order valence-electron chi connectivity index (χ3n) is 3.06. The van der Waals surface area contributed by atoms with Crippen molar-refractivity contribution in [2.45, 2.75) is 19.9 Å². The largest absolute Gasteiger partial charge is 0.370 e. The van der Waals surface area contributed by atoms with Crippen molar-refractivity contribution < 1.29 is 4.39 Å². The molecule has 2 aromatic carbocycles. The second-order valence-corrected chi connectivity index (χ2v) is 5.47. The fourth-order valence-electron chi connectivity index (χ4n) is 1.85. The van der Waals surface area contributed by atoms with Crippen LogP contribution in [0.3, 0.4) is 0 Å². The molecule has 2 aromatic rings. The van der Waals surface area contributed by atoms with Gasteiger partial charge in [0.05, 0.1) is 6.54 Å². The molecule has 0 heterocycles. The monoisotopic (exact) mass is 349 g/mol. The highest BCUT2D eigenvalue weighted by Crippen LogP contribution is 2.18. The van der Waals surface area contributed by atoms with Crippen LogP contribution in [0.2, 0.25) is 0 Å². The number of hydrogen-bond donors (Lipinski definition) is 2. The van der Waals surface area contributed by atoms with Crippen molar-refractivity contribution in [3.63, 3.8) is 0 Å². The number of benzene rings is 2. The van der Waals surface area contributed by atoms with Crippen LogP contribution in [0.25, 0.3) is 0 Å². The summed E-state index contributed by atoms with van der Waals surface area (Å²) in [6.45, 7) is 2.42. The average molecular weight is 350 g/mol. The molecule has 0 aliphatic carbocycles. The summed E-state index contributed by atoms with van der Waals surface area (Å²) in [5.41, 5.74) is 8.74. The van der Waals surface area contributed by atoms with E-state index in [1.54, 1.807) is 6.07 Å². The molecule has 0 aliphatic heterocycles. The fourth-order valence-corrected chi connectivity index (χ4v) is 2.22. The molecule has 0 saturated carbocycles. The van der Waals surface area contributed by atoms with Gasteiger partial charge in [-0.1, -0.05) is 35.0 Å². The molecule has 0 fully saturated rings. The predicted molar refractivity (Wildman–Crippen MR) is 88.9 cm³/mol. The highest BCUT2D eigenvalue weighted by Gasteiger charge is 2.02. The van der Waals surface area contributed by atoms with Crippen molar-refractivity contribution >= 4 is 27.6 Å². The predicted octanol–water partition coefficient (Wildman–Crippen LogP) is 4.08. The molecule has 0 bridgehead atoms. The summed E-state index contributed by atoms with van der Waals surface area (Å²) in [6, 6.07) is 12.5. The van der Waals surface area contributed by atoms with Gasteiger partial charge in [-0.15, -0.1) is 0 Å². The van der Waals surface area contributed by atoms with Crippen LogP contribution in [0.4, 0.5) is 10.1 Å². The Morgan fingerprint density at radius 3 is 2.62 bits per heavy atom. The zero-order valence-corrected chi connectivity index (χ0v) is 13.3. The number of rotatable bonds is 4. The number of halogens is 2. The lowest BCUT2D eigenvalue weighted by molar-refractivity contribution is 0.625. The summed E-state index contributed by atoms with van der Waals surface area (Å²) in [5.74, 6) is 0.0143. The molecule has 2 rings (SSSR count). The Hall–Kier alpha value is -1.88. The van der Waals surface area contributed by atoms with E-state index in [4.69, 9.17) is 5.73 Å². The van der Waals surface area contributed by atoms with Gasteiger partial charge in [-0.25, -0.2) is 9.38 Å². The quantitative estimate of drug-likeness (QED) is 0.645. The number of hydrogen-bond acceptors (Lipinski definition) is 1. The van der Waals surface area contributed by atoms with E-state index in [1.807, 2.05) is 24.3 Å². The highest BCUT2D eigenvalue weighted by atomic mass is 79.9. The van der Waals surface area contributed by atoms with Gasteiger partial charge in [-0.2, -0.15) is 0 Å². The Bertz CT molecular complexity index is 638. The molecule has 0 unspecified atom stereocenters. The second kappa shape index (κ2) is 7.22. The first-order valence-corrected chi connectivity index (χ1v) is 7.47. The van der Waals surface area contributed by atoms with E-state index in [0.717, 1.165) is 22.1 Å². The number of aryl methyl sites for hydroxylation is 1. The molecule has 110 valence electrons. The molecule has 0 amide bonds. The first-order chi connectivity index (χ1) is 10.1. The van der Waals surface area contributed by atoms with Gasteiger partial charge in [-0.3, -0.25) is 0 Å². The molecule has 0 atom stereocenters. The number of nitrogens with zero attached hydrogens (tertiary/aromatic N) is 1. The zero-order chi connectivity index (χ0) is 15.2. The van der Waals surface area contributed by atoms with Crippen molar-refractivity contribution in [1.82, 2.24) is 0 Å². The Labute approximate surface area is 132 Å². The van der Waals surface area contributed by atoms with Gasteiger partial charge < -0.3 is 11.1 Å². The molecule has 0 saturated heterocycles. The third kappa shape index (κ3) is 4.56. The summed E-state index contributed by atoms with van der Waals surface area (Å²) in [5, 5.41) is 3.02. The van der Waals surface area contributed by atoms with Gasteiger partial charge in [0.2, 0.25) is 0 Å². The number of aliphatic imine (C=N–C) groups is 1. The lowest BCUT2D eigenvalue weighted by Gasteiger charge is -2.07. The third-order valence-corrected chi connectivity index (χ3v) is 3.84. The minimum Gasteiger partial charge on any atom is -0.370 e. The van der Waals surface area contributed by atoms with Crippen LogP contribution in [0.15, 0.2) is 51.9 Å². The number of nitrogens with two attached hydrogens (primary N) is 1. The molecule has 3 N–H and O–H groups in total. The lowest BCUT2D eigenvalue weighted by atomic mass is 10.1. The van der Waals surface area contributed by atoms with Crippen molar-refractivity contribution in [1.29, 1.82) is 0 Å². The van der Waals surface area contributed by atoms with Crippen LogP contribution in [0, 0.1) is 5.82 Å². The van der Waals surface area contributed by atoms with Crippen LogP contribution in [0.5, 0.6) is 0 Å². The standard InChI is InChI=1S/C16H17BrFN3/c1-2-11-3-6-14(7-4-11)21-16(19)20-10-12-9-13(18)5-8-15(12)17/h3-9H,2,10H2,1H3,(H3,19,20,21). The number of anilines is 1. The molecule has 0 aromatic heterocycles. The first kappa shape index (κ1) is 15.5. The molecular formula is C16H17BrFN3. The SMILES string of the molecule is CCc1ccc(NC(N)=NCc2cc(F)ccc2Br)cc1. The molecule has 0 aliphatic rings. The number of guanidine groups is 1. The normalized spacial score (nSPS) is 11.5. The van der Waals surface area contributed by atoms with Crippen molar-refractivity contribution in [3.05, 3.63) is 63.9 Å². The van der Waals surface area contributed by atoms with Gasteiger partial charge >= 0.3 is 0 Å². The van der Waals surface area contributed by atoms with E-state index in [-0.39, 0.29) is 5.82 Å². The molecule has 0 spiro atoms. The fraction of sp³-hybridized carbons (Fsp3) is 0.188. The molecule has 3 nitrogen and oxygen atoms in total. The van der Waals surface area contributed by atoms with E-state index >= 15 is 0 Å². The second-order valence-electron chi connectivity index (χ2n) is 4.61. The Kier molecular flexibility index (Phi) is 5.33. The Morgan fingerprint density at radius 2 is 1.95 bits per heavy atom. The topological polar surface area (TPSA) is 50.4 Å². The van der Waals surface area contributed by atoms with Crippen molar-refractivity contribution in [2.75, 3.05) is 5.32 Å². The number of nitrogens with one attached hydrogen (secondary N) is 1. The highest BCUT2D eigenvalue weighted by molar-refractivity contribution is 9.10. The van der Waals surface area contributed by atoms with Gasteiger partial charge in [-0.05, 0) is 47.9 Å². The van der Waals surface area contributed by atoms with Gasteiger partial charge in [0.25, 0.3) is 0 Å². The molecule has 0 radical (unpaired) electrons. The van der Waals surface area contributed by atoms with E-state index < -0.39 is 0 Å². The molecule has 5 heteroatoms. The summed E-state index contributed by atoms with van der Waals surface area (Å²) < 4.78 is 14.0. The van der Waals surface area contributed by atoms with E-state index in [1.165, 1.54) is 17.7 Å². The first-order valence-electron chi connectivity index (χ1n) is 6.68. The minimum absolute atomic E-state index is 0.287. The zero-order valence-electron chi connectivity index (χ0n) is 11.7. The van der Waals surface area contributed by atoms with Gasteiger partial charge in [0.15, 0.2) is 5.96 Å². The van der Waals surface area contributed by atoms with Crippen LogP contribution in [-0.4, -0.2) is 5.96 Å². The minimum atomic E-state index is -0.287. The van der Waals surface area contributed by atoms with Crippen molar-refractivity contribution in [2.24, 2.45) is 10.7 Å². The van der Waals surface area contributed by atoms with E-state index in [2.05, 4.69) is 33.2 Å². The maximum atomic E-state index is 13.2. The van der Waals surface area contributed by atoms with Gasteiger partial charge in [0, 0.05) is 10.2 Å². The average Bonchev–Trinajstić information content (AvgIpc) is 2.49. The van der Waals surface area contributed by atoms with Crippen LogP contribution < -0.4 is 11.1 Å². The Morgan fingerprint density at radius 1 is 1.24 bits per heavy atom. The summed E-state index contributed by atoms with van der Waals surface area (Å²) in [4.78, 5) is 4.22. The molecule has 21 heavy (non-hydrogen) atoms. The summed E-state index contributed by atoms with van der Waals surface area (Å²) >= 11 is 3.37. The summed E-state index contributed by atoms with van der Waals surface area (Å²) in [6.07, 6.45) is 0.997. The van der Waals surface area contributed by atoms with Crippen LogP contribution >= 0.6 is 15.9 Å². The maximum absolute atomic E-state index is 13.2. The van der Waals surface area contributed by atoms with E-state index in [0.29, 0.717) is 12.5 Å². The molecular weight excluding hydrogens is 333 g/mol. The summed E-state index contributed by atoms with van der Waals surface area (Å²) in [7, 11) is 0. The van der Waals surface area contributed by atoms with Gasteiger partial charge in [0.1, 0.15) is 5.82 Å². The van der Waals surface area contributed by atoms with Crippen LogP contribution in [0.1, 0.15) is 18.1 Å². The Balaban J connectivity index is 2.01. The van der Waals surface area contributed by atoms with E-state index in [9.17, 15) is 4.39 Å². The van der Waals surface area contributed by atoms with Crippen molar-refractivity contribution in [3.8, 4) is 0 Å². The lowest BCUT2D eigenvalue weighted by Crippen LogP contribution is -2.22. The smallest absolute Gasteiger partial charge is 0.193 e.